The molecule has 12 heteroatoms. The molecule has 202 valence electrons. The Morgan fingerprint density at radius 2 is 1.90 bits per heavy atom. The predicted molar refractivity (Wildman–Crippen MR) is 145 cm³/mol. The quantitative estimate of drug-likeness (QED) is 0.252. The third-order valence-corrected chi connectivity index (χ3v) is 7.48. The van der Waals surface area contributed by atoms with E-state index in [2.05, 4.69) is 25.5 Å². The van der Waals surface area contributed by atoms with Gasteiger partial charge in [-0.1, -0.05) is 59.2 Å². The number of aromatic nitrogens is 5. The maximum atomic E-state index is 12.8. The molecule has 2 N–H and O–H groups in total. The third-order valence-electron chi connectivity index (χ3n) is 7.13. The van der Waals surface area contributed by atoms with Crippen LogP contribution in [-0.4, -0.2) is 41.9 Å². The van der Waals surface area contributed by atoms with E-state index >= 15 is 0 Å². The van der Waals surface area contributed by atoms with Gasteiger partial charge in [-0.2, -0.15) is 9.61 Å². The van der Waals surface area contributed by atoms with E-state index in [1.807, 2.05) is 30.3 Å². The Morgan fingerprint density at radius 1 is 1.15 bits per heavy atom. The molecule has 0 radical (unpaired) electrons. The molecule has 1 atom stereocenters. The maximum absolute atomic E-state index is 12.8. The number of halogens is 1. The highest BCUT2D eigenvalue weighted by Crippen LogP contribution is 2.48. The lowest BCUT2D eigenvalue weighted by Gasteiger charge is -2.15. The highest BCUT2D eigenvalue weighted by atomic mass is 35.5. The SMILES string of the molecule is Cc1noc(-c2ncc(-c3ccc(C4(C(=O)O)CC4)cc3)c3ncnn23)c1NC(=O)OC(C)c1ccccc1Cl. The van der Waals surface area contributed by atoms with Crippen molar-refractivity contribution < 1.29 is 24.0 Å². The van der Waals surface area contributed by atoms with Gasteiger partial charge < -0.3 is 14.4 Å². The van der Waals surface area contributed by atoms with Crippen molar-refractivity contribution in [3.05, 3.63) is 82.9 Å². The van der Waals surface area contributed by atoms with Crippen molar-refractivity contribution in [2.24, 2.45) is 0 Å². The summed E-state index contributed by atoms with van der Waals surface area (Å²) in [7, 11) is 0. The Kier molecular flexibility index (Phi) is 6.22. The van der Waals surface area contributed by atoms with Crippen LogP contribution in [0.15, 0.2) is 65.6 Å². The number of aryl methyl sites for hydroxylation is 1. The van der Waals surface area contributed by atoms with Gasteiger partial charge in [0.05, 0.1) is 5.41 Å². The fraction of sp³-hybridized carbons (Fsp3) is 0.214. The van der Waals surface area contributed by atoms with Crippen LogP contribution in [0.1, 0.15) is 42.7 Å². The van der Waals surface area contributed by atoms with Gasteiger partial charge in [0, 0.05) is 22.3 Å². The molecule has 1 aliphatic rings. The summed E-state index contributed by atoms with van der Waals surface area (Å²) in [5.41, 5.74) is 3.33. The normalized spacial score (nSPS) is 14.6. The van der Waals surface area contributed by atoms with Crippen LogP contribution in [0, 0.1) is 6.92 Å². The minimum atomic E-state index is -0.805. The van der Waals surface area contributed by atoms with Crippen LogP contribution in [0.4, 0.5) is 10.5 Å². The van der Waals surface area contributed by atoms with E-state index in [4.69, 9.17) is 20.9 Å². The van der Waals surface area contributed by atoms with Crippen molar-refractivity contribution >= 4 is 35.0 Å². The lowest BCUT2D eigenvalue weighted by Crippen LogP contribution is -2.19. The number of carbonyl (C=O) groups excluding carboxylic acids is 1. The number of amides is 1. The van der Waals surface area contributed by atoms with Crippen molar-refractivity contribution in [3.63, 3.8) is 0 Å². The standard InChI is InChI=1S/C28H23ClN6O5/c1-15-22(33-27(38)39-16(2)19-5-3-4-6-21(19)29)23(40-34-15)25-30-13-20(24-31-14-32-35(24)25)17-7-9-18(10-8-17)28(11-12-28)26(36)37/h3-10,13-14,16H,11-12H2,1-2H3,(H,33,38)(H,36,37). The molecular weight excluding hydrogens is 536 g/mol. The van der Waals surface area contributed by atoms with E-state index in [0.29, 0.717) is 40.3 Å². The number of fused-ring (bicyclic) bond motifs is 1. The number of hydrogen-bond donors (Lipinski definition) is 2. The smallest absolute Gasteiger partial charge is 0.412 e. The van der Waals surface area contributed by atoms with Crippen molar-refractivity contribution in [1.29, 1.82) is 0 Å². The van der Waals surface area contributed by atoms with Gasteiger partial charge in [-0.05, 0) is 43.9 Å². The van der Waals surface area contributed by atoms with Crippen LogP contribution in [0.2, 0.25) is 5.02 Å². The fourth-order valence-electron chi connectivity index (χ4n) is 4.73. The monoisotopic (exact) mass is 558 g/mol. The van der Waals surface area contributed by atoms with Gasteiger partial charge in [-0.3, -0.25) is 10.1 Å². The van der Waals surface area contributed by atoms with E-state index in [9.17, 15) is 14.7 Å². The lowest BCUT2D eigenvalue weighted by molar-refractivity contribution is -0.140. The molecule has 0 spiro atoms. The van der Waals surface area contributed by atoms with Crippen LogP contribution >= 0.6 is 11.6 Å². The number of nitrogens with zero attached hydrogens (tertiary/aromatic N) is 5. The number of carbonyl (C=O) groups is 2. The predicted octanol–water partition coefficient (Wildman–Crippen LogP) is 5.83. The molecule has 3 heterocycles. The summed E-state index contributed by atoms with van der Waals surface area (Å²) in [4.78, 5) is 33.5. The van der Waals surface area contributed by atoms with Crippen molar-refractivity contribution in [1.82, 2.24) is 24.7 Å². The summed E-state index contributed by atoms with van der Waals surface area (Å²) in [5.74, 6) is -0.361. The van der Waals surface area contributed by atoms with Gasteiger partial charge in [-0.15, -0.1) is 0 Å². The minimum Gasteiger partial charge on any atom is -0.481 e. The second-order valence-corrected chi connectivity index (χ2v) is 10.0. The molecule has 2 aromatic carbocycles. The molecule has 1 unspecified atom stereocenters. The molecule has 40 heavy (non-hydrogen) atoms. The summed E-state index contributed by atoms with van der Waals surface area (Å²) < 4.78 is 12.6. The number of carboxylic acid groups (broad SMARTS) is 1. The Hall–Kier alpha value is -4.77. The van der Waals surface area contributed by atoms with Crippen molar-refractivity contribution in [2.45, 2.75) is 38.2 Å². The highest BCUT2D eigenvalue weighted by molar-refractivity contribution is 6.31. The molecule has 1 fully saturated rings. The lowest BCUT2D eigenvalue weighted by atomic mass is 9.94. The molecule has 0 saturated heterocycles. The average Bonchev–Trinajstić information content (AvgIpc) is 3.49. The van der Waals surface area contributed by atoms with E-state index in [1.54, 1.807) is 38.2 Å². The van der Waals surface area contributed by atoms with Gasteiger partial charge in [-0.25, -0.2) is 14.8 Å². The summed E-state index contributed by atoms with van der Waals surface area (Å²) in [6.07, 6.45) is 2.95. The Bertz CT molecular complexity index is 1760. The van der Waals surface area contributed by atoms with Crippen molar-refractivity contribution in [3.8, 4) is 22.7 Å². The number of benzene rings is 2. The summed E-state index contributed by atoms with van der Waals surface area (Å²) >= 11 is 6.24. The van der Waals surface area contributed by atoms with Gasteiger partial charge >= 0.3 is 12.1 Å². The van der Waals surface area contributed by atoms with Crippen molar-refractivity contribution in [2.75, 3.05) is 5.32 Å². The Morgan fingerprint density at radius 3 is 2.60 bits per heavy atom. The first-order valence-corrected chi connectivity index (χ1v) is 12.9. The zero-order valence-corrected chi connectivity index (χ0v) is 22.2. The van der Waals surface area contributed by atoms with E-state index in [-0.39, 0.29) is 17.3 Å². The first-order valence-electron chi connectivity index (χ1n) is 12.5. The third kappa shape index (κ3) is 4.34. The Balaban J connectivity index is 1.28. The molecule has 11 nitrogen and oxygen atoms in total. The molecule has 0 bridgehead atoms. The number of carboxylic acids is 1. The first-order chi connectivity index (χ1) is 19.3. The van der Waals surface area contributed by atoms with E-state index in [0.717, 1.165) is 11.1 Å². The highest BCUT2D eigenvalue weighted by Gasteiger charge is 2.51. The van der Waals surface area contributed by atoms with Gasteiger partial charge in [0.15, 0.2) is 5.65 Å². The molecule has 1 saturated carbocycles. The largest absolute Gasteiger partial charge is 0.481 e. The van der Waals surface area contributed by atoms with Crippen LogP contribution in [0.5, 0.6) is 0 Å². The molecule has 6 rings (SSSR count). The van der Waals surface area contributed by atoms with E-state index < -0.39 is 23.6 Å². The first kappa shape index (κ1) is 25.5. The average molecular weight is 559 g/mol. The van der Waals surface area contributed by atoms with E-state index in [1.165, 1.54) is 10.8 Å². The molecule has 5 aromatic rings. The minimum absolute atomic E-state index is 0.175. The van der Waals surface area contributed by atoms with Crippen LogP contribution in [-0.2, 0) is 14.9 Å². The molecule has 3 aromatic heterocycles. The number of aliphatic carboxylic acids is 1. The second-order valence-electron chi connectivity index (χ2n) is 9.62. The number of nitrogens with one attached hydrogen (secondary N) is 1. The maximum Gasteiger partial charge on any atom is 0.412 e. The molecule has 0 aliphatic heterocycles. The zero-order chi connectivity index (χ0) is 28.0. The number of ether oxygens (including phenoxy) is 1. The zero-order valence-electron chi connectivity index (χ0n) is 21.5. The topological polar surface area (TPSA) is 145 Å². The summed E-state index contributed by atoms with van der Waals surface area (Å²) in [5, 5.41) is 21.1. The van der Waals surface area contributed by atoms with Crippen LogP contribution < -0.4 is 5.32 Å². The number of rotatable bonds is 7. The van der Waals surface area contributed by atoms with Crippen LogP contribution in [0.25, 0.3) is 28.4 Å². The number of hydrogen-bond acceptors (Lipinski definition) is 8. The van der Waals surface area contributed by atoms with Gasteiger partial charge in [0.2, 0.25) is 11.6 Å². The molecule has 1 amide bonds. The van der Waals surface area contributed by atoms with Crippen LogP contribution in [0.3, 0.4) is 0 Å². The van der Waals surface area contributed by atoms with Gasteiger partial charge in [0.1, 0.15) is 23.8 Å². The summed E-state index contributed by atoms with van der Waals surface area (Å²) in [6, 6.07) is 14.5. The number of anilines is 1. The Labute approximate surface area is 232 Å². The second kappa shape index (κ2) is 9.76. The summed E-state index contributed by atoms with van der Waals surface area (Å²) in [6.45, 7) is 3.40. The molecule has 1 aliphatic carbocycles. The fourth-order valence-corrected chi connectivity index (χ4v) is 5.02. The molecular formula is C28H23ClN6O5. The van der Waals surface area contributed by atoms with Gasteiger partial charge in [0.25, 0.3) is 0 Å².